The van der Waals surface area contributed by atoms with Crippen molar-refractivity contribution < 1.29 is 9.53 Å². The first-order valence-electron chi connectivity index (χ1n) is 6.07. The van der Waals surface area contributed by atoms with Crippen LogP contribution in [0.25, 0.3) is 5.69 Å². The summed E-state index contributed by atoms with van der Waals surface area (Å²) in [6, 6.07) is 3.52. The highest BCUT2D eigenvalue weighted by molar-refractivity contribution is 6.31. The second-order valence-corrected chi connectivity index (χ2v) is 4.99. The number of carbonyl (C=O) groups is 1. The fraction of sp³-hybridized carbons (Fsp3) is 0.286. The van der Waals surface area contributed by atoms with Crippen molar-refractivity contribution in [3.8, 4) is 5.69 Å². The van der Waals surface area contributed by atoms with Crippen LogP contribution in [0.2, 0.25) is 5.02 Å². The normalized spacial score (nSPS) is 10.7. The zero-order chi connectivity index (χ0) is 15.0. The quantitative estimate of drug-likeness (QED) is 0.683. The molecule has 0 amide bonds. The van der Waals surface area contributed by atoms with Gasteiger partial charge in [-0.05, 0) is 38.5 Å². The van der Waals surface area contributed by atoms with E-state index in [1.807, 2.05) is 26.8 Å². The molecule has 1 heterocycles. The minimum Gasteiger partial charge on any atom is -0.465 e. The first-order valence-corrected chi connectivity index (χ1v) is 6.45. The first kappa shape index (κ1) is 14.4. The van der Waals surface area contributed by atoms with Gasteiger partial charge in [0.25, 0.3) is 0 Å². The van der Waals surface area contributed by atoms with Crippen LogP contribution in [0, 0.1) is 20.8 Å². The van der Waals surface area contributed by atoms with Gasteiger partial charge in [-0.25, -0.2) is 9.48 Å². The van der Waals surface area contributed by atoms with Crippen LogP contribution < -0.4 is 5.73 Å². The van der Waals surface area contributed by atoms with Crippen molar-refractivity contribution >= 4 is 23.3 Å². The molecule has 20 heavy (non-hydrogen) atoms. The van der Waals surface area contributed by atoms with Crippen LogP contribution in [0.4, 0.5) is 5.69 Å². The minimum absolute atomic E-state index is 0.325. The maximum Gasteiger partial charge on any atom is 0.340 e. The standard InChI is InChI=1S/C14H16ClN3O2/c1-7-5-10(6-11(13(7)16)14(19)20-4)18-9(3)12(15)8(2)17-18/h5-6H,16H2,1-4H3. The van der Waals surface area contributed by atoms with Crippen molar-refractivity contribution in [1.29, 1.82) is 0 Å². The van der Waals surface area contributed by atoms with Gasteiger partial charge in [-0.3, -0.25) is 0 Å². The van der Waals surface area contributed by atoms with E-state index in [1.165, 1.54) is 7.11 Å². The molecule has 0 atom stereocenters. The third-order valence-electron chi connectivity index (χ3n) is 3.22. The number of aromatic nitrogens is 2. The molecule has 1 aromatic carbocycles. The van der Waals surface area contributed by atoms with E-state index in [2.05, 4.69) is 5.10 Å². The van der Waals surface area contributed by atoms with Gasteiger partial charge in [0.15, 0.2) is 0 Å². The average molecular weight is 294 g/mol. The Morgan fingerprint density at radius 1 is 1.35 bits per heavy atom. The second kappa shape index (κ2) is 5.17. The summed E-state index contributed by atoms with van der Waals surface area (Å²) < 4.78 is 6.44. The summed E-state index contributed by atoms with van der Waals surface area (Å²) in [5, 5.41) is 4.98. The van der Waals surface area contributed by atoms with Crippen LogP contribution in [-0.4, -0.2) is 22.9 Å². The topological polar surface area (TPSA) is 70.1 Å². The molecule has 0 spiro atoms. The van der Waals surface area contributed by atoms with Crippen LogP contribution in [0.1, 0.15) is 27.3 Å². The molecule has 0 bridgehead atoms. The van der Waals surface area contributed by atoms with E-state index in [-0.39, 0.29) is 0 Å². The molecule has 0 saturated carbocycles. The van der Waals surface area contributed by atoms with E-state index in [1.54, 1.807) is 10.7 Å². The Bertz CT molecular complexity index is 692. The van der Waals surface area contributed by atoms with E-state index >= 15 is 0 Å². The highest BCUT2D eigenvalue weighted by Gasteiger charge is 2.17. The largest absolute Gasteiger partial charge is 0.465 e. The number of hydrogen-bond acceptors (Lipinski definition) is 4. The number of ether oxygens (including phenoxy) is 1. The number of methoxy groups -OCH3 is 1. The summed E-state index contributed by atoms with van der Waals surface area (Å²) in [5.74, 6) is -0.472. The summed E-state index contributed by atoms with van der Waals surface area (Å²) >= 11 is 6.15. The third-order valence-corrected chi connectivity index (χ3v) is 3.77. The molecule has 2 N–H and O–H groups in total. The van der Waals surface area contributed by atoms with Crippen LogP contribution >= 0.6 is 11.6 Å². The summed E-state index contributed by atoms with van der Waals surface area (Å²) in [6.45, 7) is 5.53. The van der Waals surface area contributed by atoms with E-state index < -0.39 is 5.97 Å². The van der Waals surface area contributed by atoms with Gasteiger partial charge in [0, 0.05) is 5.69 Å². The average Bonchev–Trinajstić information content (AvgIpc) is 2.68. The molecule has 0 saturated heterocycles. The second-order valence-electron chi connectivity index (χ2n) is 4.61. The van der Waals surface area contributed by atoms with Gasteiger partial charge in [0.2, 0.25) is 0 Å². The van der Waals surface area contributed by atoms with E-state index in [0.29, 0.717) is 16.3 Å². The maximum absolute atomic E-state index is 11.8. The van der Waals surface area contributed by atoms with Crippen LogP contribution in [0.15, 0.2) is 12.1 Å². The Labute approximate surface area is 122 Å². The molecule has 0 aliphatic carbocycles. The van der Waals surface area contributed by atoms with Crippen molar-refractivity contribution in [3.05, 3.63) is 39.7 Å². The van der Waals surface area contributed by atoms with Crippen molar-refractivity contribution in [1.82, 2.24) is 9.78 Å². The number of nitrogen functional groups attached to an aromatic ring is 1. The number of rotatable bonds is 2. The Morgan fingerprint density at radius 3 is 2.50 bits per heavy atom. The maximum atomic E-state index is 11.8. The van der Waals surface area contributed by atoms with E-state index in [9.17, 15) is 4.79 Å². The first-order chi connectivity index (χ1) is 9.36. The summed E-state index contributed by atoms with van der Waals surface area (Å²) in [6.07, 6.45) is 0. The monoisotopic (exact) mass is 293 g/mol. The van der Waals surface area contributed by atoms with Crippen molar-refractivity contribution in [3.63, 3.8) is 0 Å². The highest BCUT2D eigenvalue weighted by atomic mass is 35.5. The Balaban J connectivity index is 2.66. The van der Waals surface area contributed by atoms with Gasteiger partial charge in [0.1, 0.15) is 0 Å². The molecular weight excluding hydrogens is 278 g/mol. The predicted octanol–water partition coefficient (Wildman–Crippen LogP) is 2.82. The van der Waals surface area contributed by atoms with Crippen molar-refractivity contribution in [2.24, 2.45) is 0 Å². The lowest BCUT2D eigenvalue weighted by atomic mass is 10.1. The van der Waals surface area contributed by atoms with Crippen molar-refractivity contribution in [2.75, 3.05) is 12.8 Å². The molecule has 0 unspecified atom stereocenters. The number of carbonyl (C=O) groups excluding carboxylic acids is 1. The SMILES string of the molecule is COC(=O)c1cc(-n2nc(C)c(Cl)c2C)cc(C)c1N. The van der Waals surface area contributed by atoms with E-state index in [4.69, 9.17) is 22.1 Å². The summed E-state index contributed by atoms with van der Waals surface area (Å²) in [5.41, 5.74) is 9.71. The molecule has 5 nitrogen and oxygen atoms in total. The lowest BCUT2D eigenvalue weighted by Gasteiger charge is -2.11. The molecule has 106 valence electrons. The van der Waals surface area contributed by atoms with Crippen LogP contribution in [0.3, 0.4) is 0 Å². The van der Waals surface area contributed by atoms with Gasteiger partial charge >= 0.3 is 5.97 Å². The number of nitrogens with zero attached hydrogens (tertiary/aromatic N) is 2. The number of aryl methyl sites for hydroxylation is 2. The minimum atomic E-state index is -0.472. The number of benzene rings is 1. The Kier molecular flexibility index (Phi) is 3.72. The lowest BCUT2D eigenvalue weighted by molar-refractivity contribution is 0.0602. The van der Waals surface area contributed by atoms with Gasteiger partial charge < -0.3 is 10.5 Å². The third kappa shape index (κ3) is 2.25. The smallest absolute Gasteiger partial charge is 0.340 e. The Hall–Kier alpha value is -2.01. The van der Waals surface area contributed by atoms with Gasteiger partial charge in [-0.1, -0.05) is 11.6 Å². The zero-order valence-corrected chi connectivity index (χ0v) is 12.6. The molecule has 0 radical (unpaired) electrons. The number of halogens is 1. The predicted molar refractivity (Wildman–Crippen MR) is 78.5 cm³/mol. The number of esters is 1. The van der Waals surface area contributed by atoms with Crippen LogP contribution in [0.5, 0.6) is 0 Å². The molecule has 0 aliphatic rings. The van der Waals surface area contributed by atoms with Gasteiger partial charge in [-0.15, -0.1) is 0 Å². The zero-order valence-electron chi connectivity index (χ0n) is 11.8. The molecule has 2 rings (SSSR count). The van der Waals surface area contributed by atoms with Gasteiger partial charge in [0.05, 0.1) is 34.8 Å². The number of hydrogen-bond donors (Lipinski definition) is 1. The molecule has 1 aromatic heterocycles. The van der Waals surface area contributed by atoms with E-state index in [0.717, 1.165) is 22.6 Å². The Morgan fingerprint density at radius 2 is 2.00 bits per heavy atom. The lowest BCUT2D eigenvalue weighted by Crippen LogP contribution is -2.10. The molecule has 6 heteroatoms. The molecular formula is C14H16ClN3O2. The summed E-state index contributed by atoms with van der Waals surface area (Å²) in [7, 11) is 1.32. The molecule has 0 aliphatic heterocycles. The van der Waals surface area contributed by atoms with Crippen LogP contribution in [-0.2, 0) is 4.74 Å². The number of nitrogens with two attached hydrogens (primary N) is 1. The highest BCUT2D eigenvalue weighted by Crippen LogP contribution is 2.26. The number of anilines is 1. The fourth-order valence-electron chi connectivity index (χ4n) is 2.06. The fourth-order valence-corrected chi connectivity index (χ4v) is 2.17. The van der Waals surface area contributed by atoms with Gasteiger partial charge in [-0.2, -0.15) is 5.10 Å². The summed E-state index contributed by atoms with van der Waals surface area (Å²) in [4.78, 5) is 11.8. The molecule has 2 aromatic rings. The van der Waals surface area contributed by atoms with Crippen molar-refractivity contribution in [2.45, 2.75) is 20.8 Å². The molecule has 0 fully saturated rings.